The fourth-order valence-electron chi connectivity index (χ4n) is 2.11. The van der Waals surface area contributed by atoms with Crippen LogP contribution in [0.25, 0.3) is 11.3 Å². The highest BCUT2D eigenvalue weighted by Crippen LogP contribution is 2.31. The molecule has 0 aliphatic carbocycles. The van der Waals surface area contributed by atoms with E-state index in [0.717, 1.165) is 4.47 Å². The fourth-order valence-corrected chi connectivity index (χ4v) is 2.87. The summed E-state index contributed by atoms with van der Waals surface area (Å²) in [5.41, 5.74) is 6.47. The number of halogens is 3. The van der Waals surface area contributed by atoms with Crippen LogP contribution in [0.1, 0.15) is 10.6 Å². The van der Waals surface area contributed by atoms with E-state index < -0.39 is 11.7 Å². The number of carbonyl (C=O) groups excluding carboxylic acids is 1. The Morgan fingerprint density at radius 3 is 2.67 bits per heavy atom. The molecular formula is C17H11BrClFN2O2. The molecule has 3 N–H and O–H groups in total. The van der Waals surface area contributed by atoms with Crippen molar-refractivity contribution in [2.75, 3.05) is 11.1 Å². The number of carbonyl (C=O) groups is 1. The molecule has 0 saturated carbocycles. The number of nitrogen functional groups attached to an aromatic ring is 1. The normalized spacial score (nSPS) is 10.6. The van der Waals surface area contributed by atoms with Crippen molar-refractivity contribution in [3.63, 3.8) is 0 Å². The van der Waals surface area contributed by atoms with Crippen LogP contribution >= 0.6 is 27.5 Å². The molecule has 3 aromatic rings. The summed E-state index contributed by atoms with van der Waals surface area (Å²) in [5.74, 6) is -0.443. The van der Waals surface area contributed by atoms with Gasteiger partial charge in [-0.15, -0.1) is 0 Å². The number of furan rings is 1. The van der Waals surface area contributed by atoms with Gasteiger partial charge >= 0.3 is 0 Å². The highest BCUT2D eigenvalue weighted by atomic mass is 79.9. The lowest BCUT2D eigenvalue weighted by Crippen LogP contribution is -2.11. The van der Waals surface area contributed by atoms with Gasteiger partial charge in [0.25, 0.3) is 5.91 Å². The molecule has 1 aromatic heterocycles. The average Bonchev–Trinajstić information content (AvgIpc) is 3.01. The Kier molecular flexibility index (Phi) is 4.59. The minimum atomic E-state index is -0.543. The van der Waals surface area contributed by atoms with Crippen LogP contribution in [0.3, 0.4) is 0 Å². The third-order valence-electron chi connectivity index (χ3n) is 3.28. The molecular weight excluding hydrogens is 399 g/mol. The molecule has 0 unspecified atom stereocenters. The van der Waals surface area contributed by atoms with E-state index in [0.29, 0.717) is 22.0 Å². The summed E-state index contributed by atoms with van der Waals surface area (Å²) in [6.45, 7) is 0. The first kappa shape index (κ1) is 16.5. The molecule has 0 radical (unpaired) electrons. The number of nitrogens with two attached hydrogens (primary N) is 1. The second kappa shape index (κ2) is 6.67. The molecule has 3 rings (SSSR count). The maximum absolute atomic E-state index is 13.1. The molecule has 0 saturated heterocycles. The molecule has 0 atom stereocenters. The van der Waals surface area contributed by atoms with Gasteiger partial charge in [0.05, 0.1) is 10.7 Å². The molecule has 7 heteroatoms. The SMILES string of the molecule is Nc1cc(NC(=O)c2ccc(-c3ccc(Br)cc3Cl)o2)ccc1F. The second-order valence-electron chi connectivity index (χ2n) is 4.98. The predicted octanol–water partition coefficient (Wildman–Crippen LogP) is 5.34. The fraction of sp³-hybridized carbons (Fsp3) is 0. The molecule has 4 nitrogen and oxygen atoms in total. The lowest BCUT2D eigenvalue weighted by atomic mass is 10.2. The van der Waals surface area contributed by atoms with Gasteiger partial charge < -0.3 is 15.5 Å². The minimum absolute atomic E-state index is 0.0467. The van der Waals surface area contributed by atoms with Crippen molar-refractivity contribution in [3.8, 4) is 11.3 Å². The quantitative estimate of drug-likeness (QED) is 0.574. The molecule has 2 aromatic carbocycles. The first-order valence-corrected chi connectivity index (χ1v) is 8.03. The Morgan fingerprint density at radius 1 is 1.17 bits per heavy atom. The first-order valence-electron chi connectivity index (χ1n) is 6.85. The van der Waals surface area contributed by atoms with Crippen molar-refractivity contribution >= 4 is 44.8 Å². The second-order valence-corrected chi connectivity index (χ2v) is 6.30. The molecule has 0 spiro atoms. The summed E-state index contributed by atoms with van der Waals surface area (Å²) in [5, 5.41) is 3.09. The number of hydrogen-bond donors (Lipinski definition) is 2. The standard InChI is InChI=1S/C17H11BrClFN2O2/c18-9-1-3-11(12(19)7-9)15-5-6-16(24-15)17(23)22-10-2-4-13(20)14(21)8-10/h1-8H,21H2,(H,22,23). The number of benzene rings is 2. The van der Waals surface area contributed by atoms with Gasteiger partial charge in [0.1, 0.15) is 11.6 Å². The number of hydrogen-bond acceptors (Lipinski definition) is 3. The Balaban J connectivity index is 1.82. The molecule has 0 bridgehead atoms. The van der Waals surface area contributed by atoms with Crippen molar-refractivity contribution in [2.45, 2.75) is 0 Å². The number of nitrogens with one attached hydrogen (secondary N) is 1. The van der Waals surface area contributed by atoms with E-state index in [2.05, 4.69) is 21.2 Å². The molecule has 122 valence electrons. The van der Waals surface area contributed by atoms with Crippen LogP contribution in [0.15, 0.2) is 57.4 Å². The molecule has 0 aliphatic rings. The zero-order chi connectivity index (χ0) is 17.3. The highest BCUT2D eigenvalue weighted by molar-refractivity contribution is 9.10. The van der Waals surface area contributed by atoms with E-state index in [1.807, 2.05) is 6.07 Å². The van der Waals surface area contributed by atoms with Crippen LogP contribution < -0.4 is 11.1 Å². The summed E-state index contributed by atoms with van der Waals surface area (Å²) in [6, 6.07) is 12.5. The average molecular weight is 410 g/mol. The summed E-state index contributed by atoms with van der Waals surface area (Å²) in [6.07, 6.45) is 0. The Bertz CT molecular complexity index is 927. The Labute approximate surface area is 150 Å². The monoisotopic (exact) mass is 408 g/mol. The lowest BCUT2D eigenvalue weighted by Gasteiger charge is -2.05. The van der Waals surface area contributed by atoms with Crippen molar-refractivity contribution in [1.29, 1.82) is 0 Å². The first-order chi connectivity index (χ1) is 11.4. The maximum Gasteiger partial charge on any atom is 0.291 e. The summed E-state index contributed by atoms with van der Waals surface area (Å²) in [4.78, 5) is 12.2. The topological polar surface area (TPSA) is 68.3 Å². The van der Waals surface area contributed by atoms with Gasteiger partial charge in [-0.05, 0) is 48.5 Å². The molecule has 0 aliphatic heterocycles. The van der Waals surface area contributed by atoms with Gasteiger partial charge in [-0.3, -0.25) is 4.79 Å². The highest BCUT2D eigenvalue weighted by Gasteiger charge is 2.15. The minimum Gasteiger partial charge on any atom is -0.451 e. The zero-order valence-corrected chi connectivity index (χ0v) is 14.5. The van der Waals surface area contributed by atoms with Crippen molar-refractivity contribution in [2.24, 2.45) is 0 Å². The summed E-state index contributed by atoms with van der Waals surface area (Å²) >= 11 is 9.50. The van der Waals surface area contributed by atoms with Gasteiger partial charge in [0.15, 0.2) is 5.76 Å². The number of amides is 1. The third kappa shape index (κ3) is 3.44. The Hall–Kier alpha value is -2.31. The van der Waals surface area contributed by atoms with Crippen LogP contribution in [-0.2, 0) is 0 Å². The van der Waals surface area contributed by atoms with Crippen molar-refractivity contribution < 1.29 is 13.6 Å². The zero-order valence-electron chi connectivity index (χ0n) is 12.1. The van der Waals surface area contributed by atoms with Crippen LogP contribution in [-0.4, -0.2) is 5.91 Å². The van der Waals surface area contributed by atoms with E-state index in [4.69, 9.17) is 21.8 Å². The van der Waals surface area contributed by atoms with E-state index in [-0.39, 0.29) is 11.4 Å². The van der Waals surface area contributed by atoms with Crippen LogP contribution in [0.4, 0.5) is 15.8 Å². The van der Waals surface area contributed by atoms with E-state index in [1.165, 1.54) is 24.3 Å². The summed E-state index contributed by atoms with van der Waals surface area (Å²) in [7, 11) is 0. The number of anilines is 2. The van der Waals surface area contributed by atoms with Crippen LogP contribution in [0, 0.1) is 5.82 Å². The van der Waals surface area contributed by atoms with Crippen molar-refractivity contribution in [3.05, 3.63) is 69.6 Å². The van der Waals surface area contributed by atoms with E-state index >= 15 is 0 Å². The van der Waals surface area contributed by atoms with Crippen molar-refractivity contribution in [1.82, 2.24) is 0 Å². The molecule has 1 heterocycles. The predicted molar refractivity (Wildman–Crippen MR) is 95.6 cm³/mol. The van der Waals surface area contributed by atoms with Gasteiger partial charge in [-0.25, -0.2) is 4.39 Å². The van der Waals surface area contributed by atoms with E-state index in [9.17, 15) is 9.18 Å². The van der Waals surface area contributed by atoms with Gasteiger partial charge in [0.2, 0.25) is 0 Å². The number of rotatable bonds is 3. The molecule has 1 amide bonds. The van der Waals surface area contributed by atoms with Gasteiger partial charge in [-0.2, -0.15) is 0 Å². The maximum atomic E-state index is 13.1. The molecule has 24 heavy (non-hydrogen) atoms. The van der Waals surface area contributed by atoms with Crippen LogP contribution in [0.2, 0.25) is 5.02 Å². The smallest absolute Gasteiger partial charge is 0.291 e. The third-order valence-corrected chi connectivity index (χ3v) is 4.09. The lowest BCUT2D eigenvalue weighted by molar-refractivity contribution is 0.0997. The van der Waals surface area contributed by atoms with Gasteiger partial charge in [-0.1, -0.05) is 27.5 Å². The largest absolute Gasteiger partial charge is 0.451 e. The van der Waals surface area contributed by atoms with E-state index in [1.54, 1.807) is 18.2 Å². The van der Waals surface area contributed by atoms with Gasteiger partial charge in [0, 0.05) is 15.7 Å². The van der Waals surface area contributed by atoms with Crippen LogP contribution in [0.5, 0.6) is 0 Å². The summed E-state index contributed by atoms with van der Waals surface area (Å²) < 4.78 is 19.5. The molecule has 0 fully saturated rings. The Morgan fingerprint density at radius 2 is 1.96 bits per heavy atom.